The zero-order valence-electron chi connectivity index (χ0n) is 8.49. The summed E-state index contributed by atoms with van der Waals surface area (Å²) >= 11 is -1.87. The quantitative estimate of drug-likeness (QED) is 0.675. The average molecular weight is 205 g/mol. The lowest BCUT2D eigenvalue weighted by Gasteiger charge is -2.37. The van der Waals surface area contributed by atoms with Crippen molar-refractivity contribution in [2.24, 2.45) is 17.8 Å². The van der Waals surface area contributed by atoms with E-state index in [4.69, 9.17) is 4.55 Å². The lowest BCUT2D eigenvalue weighted by molar-refractivity contribution is 0.182. The first-order valence-corrected chi connectivity index (χ1v) is 5.98. The van der Waals surface area contributed by atoms with Crippen LogP contribution in [0.5, 0.6) is 0 Å². The summed E-state index contributed by atoms with van der Waals surface area (Å²) in [5.41, 5.74) is 0. The Morgan fingerprint density at radius 1 is 1.23 bits per heavy atom. The molecule has 0 saturated heterocycles. The second kappa shape index (κ2) is 4.53. The van der Waals surface area contributed by atoms with Crippen LogP contribution in [-0.2, 0) is 11.3 Å². The molecule has 78 valence electrons. The van der Waals surface area contributed by atoms with Crippen LogP contribution in [0.2, 0.25) is 0 Å². The van der Waals surface area contributed by atoms with Crippen LogP contribution in [-0.4, -0.2) is 14.8 Å². The maximum Gasteiger partial charge on any atom is 0.231 e. The topological polar surface area (TPSA) is 49.3 Å². The van der Waals surface area contributed by atoms with E-state index in [1.807, 2.05) is 0 Å². The average Bonchev–Trinajstić information content (AvgIpc) is 1.96. The molecule has 0 spiro atoms. The molecule has 0 bridgehead atoms. The molecule has 0 amide bonds. The van der Waals surface area contributed by atoms with Crippen LogP contribution in [0.4, 0.5) is 0 Å². The van der Waals surface area contributed by atoms with Crippen LogP contribution < -0.4 is 4.72 Å². The van der Waals surface area contributed by atoms with E-state index < -0.39 is 11.3 Å². The molecule has 0 aromatic heterocycles. The monoisotopic (exact) mass is 205 g/mol. The van der Waals surface area contributed by atoms with Gasteiger partial charge in [0.2, 0.25) is 11.3 Å². The minimum Gasteiger partial charge on any atom is -0.294 e. The van der Waals surface area contributed by atoms with Gasteiger partial charge in [-0.05, 0) is 30.6 Å². The molecule has 4 heteroatoms. The SMILES string of the molecule is CC1CC(C)C(NS(=O)O)C(C)C1. The van der Waals surface area contributed by atoms with Gasteiger partial charge in [-0.15, -0.1) is 0 Å². The van der Waals surface area contributed by atoms with Crippen LogP contribution in [0.25, 0.3) is 0 Å². The molecule has 0 heterocycles. The summed E-state index contributed by atoms with van der Waals surface area (Å²) in [5.74, 6) is 1.74. The highest BCUT2D eigenvalue weighted by Gasteiger charge is 2.31. The Labute approximate surface area is 82.7 Å². The summed E-state index contributed by atoms with van der Waals surface area (Å²) in [4.78, 5) is 0. The predicted molar refractivity (Wildman–Crippen MR) is 54.4 cm³/mol. The van der Waals surface area contributed by atoms with E-state index in [0.717, 1.165) is 18.8 Å². The van der Waals surface area contributed by atoms with Crippen molar-refractivity contribution >= 4 is 11.3 Å². The zero-order chi connectivity index (χ0) is 10.0. The van der Waals surface area contributed by atoms with E-state index in [9.17, 15) is 4.21 Å². The third-order valence-corrected chi connectivity index (χ3v) is 3.49. The van der Waals surface area contributed by atoms with E-state index in [0.29, 0.717) is 11.8 Å². The summed E-state index contributed by atoms with van der Waals surface area (Å²) in [6, 6.07) is 0.196. The van der Waals surface area contributed by atoms with Gasteiger partial charge in [0.15, 0.2) is 0 Å². The first-order chi connectivity index (χ1) is 6.00. The van der Waals surface area contributed by atoms with Gasteiger partial charge in [-0.25, -0.2) is 8.93 Å². The molecular weight excluding hydrogens is 186 g/mol. The summed E-state index contributed by atoms with van der Waals surface area (Å²) in [7, 11) is 0. The maximum atomic E-state index is 10.6. The van der Waals surface area contributed by atoms with Gasteiger partial charge in [0.1, 0.15) is 0 Å². The highest BCUT2D eigenvalue weighted by molar-refractivity contribution is 7.77. The zero-order valence-corrected chi connectivity index (χ0v) is 9.30. The molecule has 2 N–H and O–H groups in total. The molecule has 13 heavy (non-hydrogen) atoms. The molecule has 0 radical (unpaired) electrons. The van der Waals surface area contributed by atoms with Gasteiger partial charge < -0.3 is 0 Å². The summed E-state index contributed by atoms with van der Waals surface area (Å²) in [6.07, 6.45) is 2.30. The van der Waals surface area contributed by atoms with Gasteiger partial charge in [-0.1, -0.05) is 20.8 Å². The Bertz CT molecular complexity index is 186. The van der Waals surface area contributed by atoms with Crippen LogP contribution >= 0.6 is 0 Å². The summed E-state index contributed by atoms with van der Waals surface area (Å²) in [6.45, 7) is 6.55. The number of nitrogens with one attached hydrogen (secondary N) is 1. The van der Waals surface area contributed by atoms with Gasteiger partial charge >= 0.3 is 0 Å². The Hall–Kier alpha value is 0.0700. The van der Waals surface area contributed by atoms with Crippen molar-refractivity contribution < 1.29 is 8.76 Å². The summed E-state index contributed by atoms with van der Waals surface area (Å²) in [5, 5.41) is 0. The van der Waals surface area contributed by atoms with Crippen LogP contribution in [0.15, 0.2) is 0 Å². The van der Waals surface area contributed by atoms with Crippen molar-refractivity contribution in [3.8, 4) is 0 Å². The second-order valence-electron chi connectivity index (χ2n) is 4.42. The molecule has 1 aliphatic rings. The van der Waals surface area contributed by atoms with Crippen LogP contribution in [0, 0.1) is 17.8 Å². The highest BCUT2D eigenvalue weighted by Crippen LogP contribution is 2.32. The first-order valence-electron chi connectivity index (χ1n) is 4.87. The van der Waals surface area contributed by atoms with Gasteiger partial charge in [-0.2, -0.15) is 0 Å². The summed E-state index contributed by atoms with van der Waals surface area (Å²) < 4.78 is 22.1. The second-order valence-corrected chi connectivity index (χ2v) is 5.16. The molecule has 0 aromatic carbocycles. The third kappa shape index (κ3) is 3.04. The van der Waals surface area contributed by atoms with E-state index in [1.54, 1.807) is 0 Å². The van der Waals surface area contributed by atoms with Crippen LogP contribution in [0.3, 0.4) is 0 Å². The fraction of sp³-hybridized carbons (Fsp3) is 1.00. The molecule has 3 nitrogen and oxygen atoms in total. The van der Waals surface area contributed by atoms with E-state index in [2.05, 4.69) is 25.5 Å². The molecule has 1 fully saturated rings. The Morgan fingerprint density at radius 3 is 2.08 bits per heavy atom. The number of hydrogen-bond acceptors (Lipinski definition) is 1. The molecule has 1 aliphatic carbocycles. The third-order valence-electron chi connectivity index (χ3n) is 3.01. The Kier molecular flexibility index (Phi) is 3.88. The predicted octanol–water partition coefficient (Wildman–Crippen LogP) is 1.78. The molecule has 0 aromatic rings. The van der Waals surface area contributed by atoms with E-state index in [-0.39, 0.29) is 6.04 Å². The minimum absolute atomic E-state index is 0.196. The van der Waals surface area contributed by atoms with Crippen molar-refractivity contribution in [1.29, 1.82) is 0 Å². The number of hydrogen-bond donors (Lipinski definition) is 2. The molecule has 1 saturated carbocycles. The number of rotatable bonds is 2. The van der Waals surface area contributed by atoms with Crippen molar-refractivity contribution in [2.75, 3.05) is 0 Å². The molecule has 3 unspecified atom stereocenters. The molecule has 3 atom stereocenters. The first kappa shape index (κ1) is 11.1. The van der Waals surface area contributed by atoms with E-state index >= 15 is 0 Å². The molecule has 1 rings (SSSR count). The molecule has 0 aliphatic heterocycles. The fourth-order valence-corrected chi connectivity index (χ4v) is 3.27. The van der Waals surface area contributed by atoms with Gasteiger partial charge in [0.25, 0.3) is 0 Å². The largest absolute Gasteiger partial charge is 0.294 e. The normalized spacial score (nSPS) is 43.1. The van der Waals surface area contributed by atoms with Gasteiger partial charge in [0, 0.05) is 6.04 Å². The minimum atomic E-state index is -1.87. The highest BCUT2D eigenvalue weighted by atomic mass is 32.2. The van der Waals surface area contributed by atoms with E-state index in [1.165, 1.54) is 0 Å². The van der Waals surface area contributed by atoms with Gasteiger partial charge in [0.05, 0.1) is 0 Å². The molecular formula is C9H19NO2S. The van der Waals surface area contributed by atoms with Crippen LogP contribution in [0.1, 0.15) is 33.6 Å². The Balaban J connectivity index is 2.56. The lowest BCUT2D eigenvalue weighted by Crippen LogP contribution is -2.45. The fourth-order valence-electron chi connectivity index (χ4n) is 2.57. The van der Waals surface area contributed by atoms with Crippen molar-refractivity contribution in [3.63, 3.8) is 0 Å². The lowest BCUT2D eigenvalue weighted by atomic mass is 9.74. The standard InChI is InChI=1S/C9H19NO2S/c1-6-4-7(2)9(8(3)5-6)10-13(11)12/h6-10H,4-5H2,1-3H3,(H,11,12). The van der Waals surface area contributed by atoms with Crippen molar-refractivity contribution in [1.82, 2.24) is 4.72 Å². The van der Waals surface area contributed by atoms with Crippen molar-refractivity contribution in [3.05, 3.63) is 0 Å². The smallest absolute Gasteiger partial charge is 0.231 e. The maximum absolute atomic E-state index is 10.6. The Morgan fingerprint density at radius 2 is 1.69 bits per heavy atom. The van der Waals surface area contributed by atoms with Gasteiger partial charge in [-0.3, -0.25) is 4.55 Å². The van der Waals surface area contributed by atoms with Crippen molar-refractivity contribution in [2.45, 2.75) is 39.7 Å².